The summed E-state index contributed by atoms with van der Waals surface area (Å²) in [5, 5.41) is 0. The van der Waals surface area contributed by atoms with Gasteiger partial charge >= 0.3 is 17.9 Å². The molecule has 0 saturated heterocycles. The topological polar surface area (TPSA) is 78.9 Å². The molecular formula is C61H112O6. The molecule has 0 N–H and O–H groups in total. The molecule has 0 aliphatic heterocycles. The van der Waals surface area contributed by atoms with Crippen molar-refractivity contribution in [3.8, 4) is 0 Å². The standard InChI is InChI=1S/C61H112O6/c1-4-7-10-13-16-19-22-25-28-30-31-32-34-36-39-42-45-48-51-54-60(63)66-57-58(56-65-59(62)53-50-47-44-41-38-35-27-24-21-18-15-12-9-6-3)67-61(64)55-52-49-46-43-40-37-33-29-26-23-20-17-14-11-8-5-2/h15,18,24,27,29,33,58H,4-14,16-17,19-23,25-26,28,30-32,34-57H2,1-3H3/b18-15-,27-24-,33-29-/t58-/m1/s1. The molecule has 67 heavy (non-hydrogen) atoms. The number of unbranched alkanes of at least 4 members (excludes halogenated alkanes) is 37. The summed E-state index contributed by atoms with van der Waals surface area (Å²) in [5.41, 5.74) is 0. The molecule has 0 amide bonds. The van der Waals surface area contributed by atoms with Crippen LogP contribution in [0.5, 0.6) is 0 Å². The van der Waals surface area contributed by atoms with Crippen LogP contribution in [0.1, 0.15) is 316 Å². The van der Waals surface area contributed by atoms with Gasteiger partial charge in [-0.1, -0.05) is 263 Å². The second kappa shape index (κ2) is 56.2. The van der Waals surface area contributed by atoms with E-state index < -0.39 is 6.10 Å². The molecule has 0 rings (SSSR count). The first kappa shape index (κ1) is 64.6. The summed E-state index contributed by atoms with van der Waals surface area (Å²) in [6.07, 6.45) is 67.1. The smallest absolute Gasteiger partial charge is 0.306 e. The maximum Gasteiger partial charge on any atom is 0.306 e. The second-order valence-electron chi connectivity index (χ2n) is 19.9. The van der Waals surface area contributed by atoms with E-state index in [1.165, 1.54) is 193 Å². The Balaban J connectivity index is 4.34. The van der Waals surface area contributed by atoms with E-state index in [0.717, 1.165) is 83.5 Å². The molecule has 0 unspecified atom stereocenters. The van der Waals surface area contributed by atoms with Crippen molar-refractivity contribution in [1.29, 1.82) is 0 Å². The van der Waals surface area contributed by atoms with Gasteiger partial charge in [-0.15, -0.1) is 0 Å². The maximum atomic E-state index is 12.9. The quantitative estimate of drug-likeness (QED) is 0.0262. The minimum atomic E-state index is -0.779. The molecule has 6 nitrogen and oxygen atoms in total. The minimum absolute atomic E-state index is 0.0763. The highest BCUT2D eigenvalue weighted by Gasteiger charge is 2.19. The largest absolute Gasteiger partial charge is 0.462 e. The van der Waals surface area contributed by atoms with E-state index in [1.54, 1.807) is 0 Å². The number of hydrogen-bond donors (Lipinski definition) is 0. The molecule has 6 heteroatoms. The Bertz CT molecular complexity index is 1130. The zero-order valence-corrected chi connectivity index (χ0v) is 44.9. The van der Waals surface area contributed by atoms with Gasteiger partial charge < -0.3 is 14.2 Å². The SMILES string of the molecule is CCCC/C=C\C/C=C\CCCCCCCC(=O)OC[C@H](COC(=O)CCCCCCCCCCCCCCCCCCCCC)OC(=O)CCCCCCC/C=C\CCCCCCCCC. The molecule has 0 aromatic carbocycles. The van der Waals surface area contributed by atoms with Crippen molar-refractivity contribution in [1.82, 2.24) is 0 Å². The van der Waals surface area contributed by atoms with Crippen molar-refractivity contribution in [2.45, 2.75) is 322 Å². The van der Waals surface area contributed by atoms with Crippen LogP contribution in [0.3, 0.4) is 0 Å². The van der Waals surface area contributed by atoms with Crippen LogP contribution in [-0.2, 0) is 28.6 Å². The number of ether oxygens (including phenoxy) is 3. The van der Waals surface area contributed by atoms with E-state index in [0.29, 0.717) is 19.3 Å². The van der Waals surface area contributed by atoms with Crippen molar-refractivity contribution in [3.63, 3.8) is 0 Å². The fourth-order valence-corrected chi connectivity index (χ4v) is 8.63. The summed E-state index contributed by atoms with van der Waals surface area (Å²) >= 11 is 0. The van der Waals surface area contributed by atoms with E-state index >= 15 is 0 Å². The van der Waals surface area contributed by atoms with Crippen molar-refractivity contribution in [2.75, 3.05) is 13.2 Å². The lowest BCUT2D eigenvalue weighted by Gasteiger charge is -2.18. The van der Waals surface area contributed by atoms with Gasteiger partial charge in [0.25, 0.3) is 0 Å². The fourth-order valence-electron chi connectivity index (χ4n) is 8.63. The molecule has 0 fully saturated rings. The van der Waals surface area contributed by atoms with Crippen molar-refractivity contribution < 1.29 is 28.6 Å². The zero-order valence-electron chi connectivity index (χ0n) is 44.9. The monoisotopic (exact) mass is 941 g/mol. The van der Waals surface area contributed by atoms with Crippen LogP contribution in [-0.4, -0.2) is 37.2 Å². The summed E-state index contributed by atoms with van der Waals surface area (Å²) in [4.78, 5) is 38.2. The lowest BCUT2D eigenvalue weighted by atomic mass is 10.0. The number of hydrogen-bond acceptors (Lipinski definition) is 6. The van der Waals surface area contributed by atoms with Gasteiger partial charge in [-0.05, 0) is 70.6 Å². The normalized spacial score (nSPS) is 12.2. The highest BCUT2D eigenvalue weighted by atomic mass is 16.6. The molecule has 0 heterocycles. The van der Waals surface area contributed by atoms with Gasteiger partial charge in [0.15, 0.2) is 6.10 Å². The Labute approximate surface area is 416 Å². The van der Waals surface area contributed by atoms with E-state index in [1.807, 2.05) is 0 Å². The highest BCUT2D eigenvalue weighted by molar-refractivity contribution is 5.71. The van der Waals surface area contributed by atoms with Crippen LogP contribution >= 0.6 is 0 Å². The van der Waals surface area contributed by atoms with Gasteiger partial charge in [-0.3, -0.25) is 14.4 Å². The number of carbonyl (C=O) groups is 3. The third-order valence-electron chi connectivity index (χ3n) is 13.1. The van der Waals surface area contributed by atoms with Crippen LogP contribution in [0.25, 0.3) is 0 Å². The van der Waals surface area contributed by atoms with Crippen LogP contribution in [0, 0.1) is 0 Å². The average molecular weight is 942 g/mol. The van der Waals surface area contributed by atoms with Crippen LogP contribution in [0.15, 0.2) is 36.5 Å². The van der Waals surface area contributed by atoms with Crippen LogP contribution in [0.2, 0.25) is 0 Å². The predicted molar refractivity (Wildman–Crippen MR) is 289 cm³/mol. The first-order valence-corrected chi connectivity index (χ1v) is 29.5. The summed E-state index contributed by atoms with van der Waals surface area (Å²) in [5.74, 6) is -0.881. The molecular weight excluding hydrogens is 829 g/mol. The first-order chi connectivity index (χ1) is 33.0. The van der Waals surface area contributed by atoms with Gasteiger partial charge in [0.2, 0.25) is 0 Å². The Morgan fingerprint density at radius 3 is 0.881 bits per heavy atom. The summed E-state index contributed by atoms with van der Waals surface area (Å²) in [6.45, 7) is 6.62. The van der Waals surface area contributed by atoms with E-state index in [4.69, 9.17) is 14.2 Å². The molecule has 1 atom stereocenters. The minimum Gasteiger partial charge on any atom is -0.462 e. The van der Waals surface area contributed by atoms with Crippen molar-refractivity contribution >= 4 is 17.9 Å². The lowest BCUT2D eigenvalue weighted by Crippen LogP contribution is -2.30. The van der Waals surface area contributed by atoms with Gasteiger partial charge in [0.05, 0.1) is 0 Å². The Kier molecular flexibility index (Phi) is 54.2. The van der Waals surface area contributed by atoms with Gasteiger partial charge in [0, 0.05) is 19.3 Å². The first-order valence-electron chi connectivity index (χ1n) is 29.5. The predicted octanol–water partition coefficient (Wildman–Crippen LogP) is 19.7. The van der Waals surface area contributed by atoms with E-state index in [-0.39, 0.29) is 31.1 Å². The average Bonchev–Trinajstić information content (AvgIpc) is 3.33. The molecule has 0 spiro atoms. The zero-order chi connectivity index (χ0) is 48.6. The number of carbonyl (C=O) groups excluding carboxylic acids is 3. The van der Waals surface area contributed by atoms with Crippen LogP contribution < -0.4 is 0 Å². The molecule has 0 aromatic heterocycles. The number of esters is 3. The van der Waals surface area contributed by atoms with Gasteiger partial charge in [-0.25, -0.2) is 0 Å². The maximum absolute atomic E-state index is 12.9. The van der Waals surface area contributed by atoms with Gasteiger partial charge in [-0.2, -0.15) is 0 Å². The molecule has 0 bridgehead atoms. The number of allylic oxidation sites excluding steroid dienone is 6. The molecule has 0 aromatic rings. The van der Waals surface area contributed by atoms with Crippen LogP contribution in [0.4, 0.5) is 0 Å². The molecule has 0 aliphatic carbocycles. The Morgan fingerprint density at radius 2 is 0.552 bits per heavy atom. The molecule has 0 aliphatic rings. The van der Waals surface area contributed by atoms with E-state index in [2.05, 4.69) is 57.2 Å². The molecule has 392 valence electrons. The highest BCUT2D eigenvalue weighted by Crippen LogP contribution is 2.17. The summed E-state index contributed by atoms with van der Waals surface area (Å²) in [7, 11) is 0. The van der Waals surface area contributed by atoms with Crippen molar-refractivity contribution in [2.24, 2.45) is 0 Å². The Morgan fingerprint density at radius 1 is 0.299 bits per heavy atom. The Hall–Kier alpha value is -2.37. The van der Waals surface area contributed by atoms with Gasteiger partial charge in [0.1, 0.15) is 13.2 Å². The third kappa shape index (κ3) is 54.4. The van der Waals surface area contributed by atoms with E-state index in [9.17, 15) is 14.4 Å². The lowest BCUT2D eigenvalue weighted by molar-refractivity contribution is -0.167. The fraction of sp³-hybridized carbons (Fsp3) is 0.852. The third-order valence-corrected chi connectivity index (χ3v) is 13.1. The molecule has 0 saturated carbocycles. The summed E-state index contributed by atoms with van der Waals surface area (Å²) < 4.78 is 16.9. The van der Waals surface area contributed by atoms with Crippen molar-refractivity contribution in [3.05, 3.63) is 36.5 Å². The second-order valence-corrected chi connectivity index (χ2v) is 19.9. The summed E-state index contributed by atoms with van der Waals surface area (Å²) in [6, 6.07) is 0. The number of rotatable bonds is 54. The molecule has 0 radical (unpaired) electrons.